The summed E-state index contributed by atoms with van der Waals surface area (Å²) < 4.78 is 5.79. The zero-order chi connectivity index (χ0) is 17.5. The smallest absolute Gasteiger partial charge is 0.243 e. The minimum Gasteiger partial charge on any atom is -0.491 e. The fourth-order valence-corrected chi connectivity index (χ4v) is 2.42. The molecule has 128 valence electrons. The van der Waals surface area contributed by atoms with Gasteiger partial charge in [0.05, 0.1) is 18.8 Å². The predicted octanol–water partition coefficient (Wildman–Crippen LogP) is 4.39. The van der Waals surface area contributed by atoms with Gasteiger partial charge in [-0.1, -0.05) is 32.0 Å². The van der Waals surface area contributed by atoms with Crippen LogP contribution in [0.3, 0.4) is 0 Å². The van der Waals surface area contributed by atoms with Crippen LogP contribution in [0.25, 0.3) is 0 Å². The first kappa shape index (κ1) is 17.9. The maximum atomic E-state index is 12.2. The van der Waals surface area contributed by atoms with E-state index in [9.17, 15) is 4.79 Å². The third-order valence-electron chi connectivity index (χ3n) is 3.40. The molecule has 0 fully saturated rings. The first-order valence-corrected chi connectivity index (χ1v) is 8.28. The van der Waals surface area contributed by atoms with Crippen molar-refractivity contribution < 1.29 is 9.53 Å². The number of amides is 1. The fraction of sp³-hybridized carbons (Fsp3) is 0.350. The number of carbonyl (C=O) groups excluding carboxylic acids is 1. The summed E-state index contributed by atoms with van der Waals surface area (Å²) in [5.74, 6) is 1.13. The minimum atomic E-state index is -0.0846. The van der Waals surface area contributed by atoms with Crippen LogP contribution in [0, 0.1) is 19.8 Å². The number of anilines is 2. The lowest BCUT2D eigenvalue weighted by molar-refractivity contribution is -0.114. The summed E-state index contributed by atoms with van der Waals surface area (Å²) in [5.41, 5.74) is 3.91. The Hall–Kier alpha value is -2.49. The molecule has 4 nitrogen and oxygen atoms in total. The van der Waals surface area contributed by atoms with E-state index in [1.165, 1.54) is 0 Å². The van der Waals surface area contributed by atoms with Gasteiger partial charge in [-0.3, -0.25) is 4.79 Å². The van der Waals surface area contributed by atoms with Crippen LogP contribution in [0.4, 0.5) is 11.4 Å². The molecule has 0 aliphatic heterocycles. The summed E-state index contributed by atoms with van der Waals surface area (Å²) >= 11 is 0. The maximum Gasteiger partial charge on any atom is 0.243 e. The second-order valence-corrected chi connectivity index (χ2v) is 6.48. The molecule has 0 aliphatic rings. The molecule has 0 spiro atoms. The van der Waals surface area contributed by atoms with E-state index in [0.717, 1.165) is 28.3 Å². The highest BCUT2D eigenvalue weighted by molar-refractivity contribution is 5.94. The minimum absolute atomic E-state index is 0.0846. The lowest BCUT2D eigenvalue weighted by Crippen LogP contribution is -2.22. The van der Waals surface area contributed by atoms with Gasteiger partial charge in [0.2, 0.25) is 5.91 Å². The van der Waals surface area contributed by atoms with Gasteiger partial charge >= 0.3 is 0 Å². The lowest BCUT2D eigenvalue weighted by atomic mass is 10.1. The summed E-state index contributed by atoms with van der Waals surface area (Å²) in [6.45, 7) is 9.08. The summed E-state index contributed by atoms with van der Waals surface area (Å²) in [7, 11) is 0. The number of aryl methyl sites for hydroxylation is 2. The highest BCUT2D eigenvalue weighted by atomic mass is 16.5. The van der Waals surface area contributed by atoms with Gasteiger partial charge in [0, 0.05) is 5.69 Å². The first-order chi connectivity index (χ1) is 11.4. The Morgan fingerprint density at radius 1 is 1.08 bits per heavy atom. The van der Waals surface area contributed by atoms with Crippen LogP contribution in [0.2, 0.25) is 0 Å². The van der Waals surface area contributed by atoms with Gasteiger partial charge in [0.25, 0.3) is 0 Å². The Morgan fingerprint density at radius 3 is 2.42 bits per heavy atom. The van der Waals surface area contributed by atoms with Gasteiger partial charge in [0.1, 0.15) is 5.75 Å². The quantitative estimate of drug-likeness (QED) is 0.793. The molecule has 0 radical (unpaired) electrons. The number of hydrogen-bond donors (Lipinski definition) is 2. The van der Waals surface area contributed by atoms with Gasteiger partial charge < -0.3 is 15.4 Å². The summed E-state index contributed by atoms with van der Waals surface area (Å²) in [6.07, 6.45) is 0. The van der Waals surface area contributed by atoms with Crippen LogP contribution >= 0.6 is 0 Å². The Bertz CT molecular complexity index is 676. The van der Waals surface area contributed by atoms with E-state index in [2.05, 4.69) is 30.5 Å². The predicted molar refractivity (Wildman–Crippen MR) is 99.8 cm³/mol. The molecule has 0 unspecified atom stereocenters. The van der Waals surface area contributed by atoms with E-state index in [4.69, 9.17) is 4.74 Å². The molecule has 4 heteroatoms. The first-order valence-electron chi connectivity index (χ1n) is 8.28. The molecular weight excluding hydrogens is 300 g/mol. The van der Waals surface area contributed by atoms with E-state index in [-0.39, 0.29) is 12.5 Å². The van der Waals surface area contributed by atoms with Crippen molar-refractivity contribution in [2.75, 3.05) is 23.8 Å². The van der Waals surface area contributed by atoms with Crippen molar-refractivity contribution in [3.8, 4) is 5.75 Å². The molecule has 2 N–H and O–H groups in total. The van der Waals surface area contributed by atoms with Crippen LogP contribution < -0.4 is 15.4 Å². The molecule has 0 atom stereocenters. The number of hydrogen-bond acceptors (Lipinski definition) is 3. The van der Waals surface area contributed by atoms with Crippen molar-refractivity contribution in [1.29, 1.82) is 0 Å². The van der Waals surface area contributed by atoms with Crippen LogP contribution in [-0.2, 0) is 4.79 Å². The second kappa shape index (κ2) is 8.39. The maximum absolute atomic E-state index is 12.2. The average molecular weight is 326 g/mol. The summed E-state index contributed by atoms with van der Waals surface area (Å²) in [5, 5.41) is 6.07. The largest absolute Gasteiger partial charge is 0.491 e. The van der Waals surface area contributed by atoms with Crippen LogP contribution in [0.1, 0.15) is 25.0 Å². The molecule has 0 aromatic heterocycles. The number of nitrogens with one attached hydrogen (secondary N) is 2. The lowest BCUT2D eigenvalue weighted by Gasteiger charge is -2.14. The molecule has 2 aromatic rings. The van der Waals surface area contributed by atoms with E-state index in [1.54, 1.807) is 0 Å². The number of para-hydroxylation sites is 2. The Morgan fingerprint density at radius 2 is 1.75 bits per heavy atom. The van der Waals surface area contributed by atoms with E-state index in [0.29, 0.717) is 12.5 Å². The topological polar surface area (TPSA) is 50.4 Å². The monoisotopic (exact) mass is 326 g/mol. The van der Waals surface area contributed by atoms with Gasteiger partial charge in [0.15, 0.2) is 0 Å². The Labute approximate surface area is 144 Å². The summed E-state index contributed by atoms with van der Waals surface area (Å²) in [4.78, 5) is 12.2. The van der Waals surface area contributed by atoms with Crippen molar-refractivity contribution in [3.63, 3.8) is 0 Å². The number of rotatable bonds is 7. The zero-order valence-electron chi connectivity index (χ0n) is 14.8. The van der Waals surface area contributed by atoms with Crippen LogP contribution in [0.15, 0.2) is 42.5 Å². The van der Waals surface area contributed by atoms with E-state index < -0.39 is 0 Å². The van der Waals surface area contributed by atoms with Crippen LogP contribution in [-0.4, -0.2) is 19.1 Å². The molecule has 2 rings (SSSR count). The van der Waals surface area contributed by atoms with Crippen LogP contribution in [0.5, 0.6) is 5.75 Å². The number of benzene rings is 2. The fourth-order valence-electron chi connectivity index (χ4n) is 2.42. The summed E-state index contributed by atoms with van der Waals surface area (Å²) in [6, 6.07) is 13.7. The molecule has 0 heterocycles. The van der Waals surface area contributed by atoms with Crippen molar-refractivity contribution in [3.05, 3.63) is 53.6 Å². The molecule has 1 amide bonds. The zero-order valence-corrected chi connectivity index (χ0v) is 14.8. The molecule has 0 bridgehead atoms. The third kappa shape index (κ3) is 5.61. The Balaban J connectivity index is 1.94. The van der Waals surface area contributed by atoms with E-state index >= 15 is 0 Å². The van der Waals surface area contributed by atoms with Crippen molar-refractivity contribution in [2.24, 2.45) is 5.92 Å². The van der Waals surface area contributed by atoms with Gasteiger partial charge in [-0.25, -0.2) is 0 Å². The molecule has 0 saturated carbocycles. The number of ether oxygens (including phenoxy) is 1. The highest BCUT2D eigenvalue weighted by Crippen LogP contribution is 2.24. The average Bonchev–Trinajstić information content (AvgIpc) is 2.50. The number of carbonyl (C=O) groups is 1. The SMILES string of the molecule is Cc1cc(C)cc(NC(=O)CNc2ccccc2OCC(C)C)c1. The van der Waals surface area contributed by atoms with Gasteiger partial charge in [-0.05, 0) is 55.2 Å². The van der Waals surface area contributed by atoms with Gasteiger partial charge in [-0.15, -0.1) is 0 Å². The van der Waals surface area contributed by atoms with Gasteiger partial charge in [-0.2, -0.15) is 0 Å². The van der Waals surface area contributed by atoms with Crippen molar-refractivity contribution in [1.82, 2.24) is 0 Å². The molecule has 0 saturated heterocycles. The molecule has 2 aromatic carbocycles. The normalized spacial score (nSPS) is 10.5. The van der Waals surface area contributed by atoms with Crippen molar-refractivity contribution in [2.45, 2.75) is 27.7 Å². The third-order valence-corrected chi connectivity index (χ3v) is 3.40. The van der Waals surface area contributed by atoms with E-state index in [1.807, 2.05) is 50.2 Å². The molecular formula is C20H26N2O2. The van der Waals surface area contributed by atoms with Crippen molar-refractivity contribution >= 4 is 17.3 Å². The molecule has 24 heavy (non-hydrogen) atoms. The highest BCUT2D eigenvalue weighted by Gasteiger charge is 2.07. The standard InChI is InChI=1S/C20H26N2O2/c1-14(2)13-24-19-8-6-5-7-18(19)21-12-20(23)22-17-10-15(3)9-16(4)11-17/h5-11,14,21H,12-13H2,1-4H3,(H,22,23). The molecule has 0 aliphatic carbocycles. The Kier molecular flexibility index (Phi) is 6.24. The second-order valence-electron chi connectivity index (χ2n) is 6.48.